The molecule has 1 aliphatic rings. The number of benzene rings is 1. The van der Waals surface area contributed by atoms with Crippen LogP contribution in [0.3, 0.4) is 0 Å². The molecule has 1 N–H and O–H groups in total. The van der Waals surface area contributed by atoms with Gasteiger partial charge in [0.25, 0.3) is 17.7 Å². The van der Waals surface area contributed by atoms with Crippen LogP contribution >= 0.6 is 0 Å². The van der Waals surface area contributed by atoms with E-state index < -0.39 is 46.5 Å². The van der Waals surface area contributed by atoms with Crippen molar-refractivity contribution in [2.24, 2.45) is 0 Å². The molecule has 2 rings (SSSR count). The van der Waals surface area contributed by atoms with E-state index in [0.29, 0.717) is 5.06 Å². The molecule has 1 unspecified atom stereocenters. The summed E-state index contributed by atoms with van der Waals surface area (Å²) in [6, 6.07) is 5.16. The van der Waals surface area contributed by atoms with Crippen molar-refractivity contribution in [2.75, 3.05) is 6.61 Å². The van der Waals surface area contributed by atoms with Crippen molar-refractivity contribution in [1.29, 1.82) is 0 Å². The largest absolute Gasteiger partial charge is 0.458 e. The minimum Gasteiger partial charge on any atom is -0.458 e. The molecular weight excluding hydrogens is 416 g/mol. The fourth-order valence-electron chi connectivity index (χ4n) is 2.73. The second-order valence-corrected chi connectivity index (χ2v) is 10.0. The van der Waals surface area contributed by atoms with Crippen LogP contribution in [0.1, 0.15) is 76.1 Å². The van der Waals surface area contributed by atoms with Crippen LogP contribution in [-0.4, -0.2) is 58.2 Å². The summed E-state index contributed by atoms with van der Waals surface area (Å²) in [7, 11) is 0. The summed E-state index contributed by atoms with van der Waals surface area (Å²) in [6.07, 6.45) is 0. The van der Waals surface area contributed by atoms with E-state index in [1.54, 1.807) is 32.9 Å². The van der Waals surface area contributed by atoms with Gasteiger partial charge in [-0.1, -0.05) is 12.1 Å². The van der Waals surface area contributed by atoms with E-state index >= 15 is 0 Å². The zero-order valence-corrected chi connectivity index (χ0v) is 19.9. The second kappa shape index (κ2) is 8.99. The van der Waals surface area contributed by atoms with Crippen molar-refractivity contribution >= 4 is 23.7 Å². The first-order valence-corrected chi connectivity index (χ1v) is 10.4. The molecule has 1 aromatic carbocycles. The third-order valence-corrected chi connectivity index (χ3v) is 4.30. The van der Waals surface area contributed by atoms with Crippen molar-refractivity contribution in [1.82, 2.24) is 10.4 Å². The lowest BCUT2D eigenvalue weighted by atomic mass is 10.1. The number of hydrogen-bond donors (Lipinski definition) is 1. The molecule has 32 heavy (non-hydrogen) atoms. The monoisotopic (exact) mass is 448 g/mol. The normalized spacial score (nSPS) is 15.4. The minimum atomic E-state index is -1.66. The first-order chi connectivity index (χ1) is 14.5. The molecule has 176 valence electrons. The van der Waals surface area contributed by atoms with Crippen molar-refractivity contribution in [3.8, 4) is 0 Å². The van der Waals surface area contributed by atoms with Gasteiger partial charge in [0, 0.05) is 0 Å². The van der Waals surface area contributed by atoms with E-state index in [1.165, 1.54) is 26.0 Å². The molecular formula is C23H32N2O7. The van der Waals surface area contributed by atoms with E-state index in [2.05, 4.69) is 5.32 Å². The van der Waals surface area contributed by atoms with Crippen LogP contribution in [0.25, 0.3) is 0 Å². The van der Waals surface area contributed by atoms with Crippen LogP contribution in [0.4, 0.5) is 0 Å². The highest BCUT2D eigenvalue weighted by atomic mass is 16.7. The zero-order chi connectivity index (χ0) is 24.5. The molecule has 0 saturated carbocycles. The highest BCUT2D eigenvalue weighted by Gasteiger charge is 2.43. The number of amides is 3. The minimum absolute atomic E-state index is 0.132. The molecule has 1 aromatic rings. The summed E-state index contributed by atoms with van der Waals surface area (Å²) in [5.74, 6) is -2.72. The third-order valence-electron chi connectivity index (χ3n) is 4.30. The Kier molecular flexibility index (Phi) is 7.16. The number of esters is 1. The number of hydroxylamine groups is 2. The first-order valence-electron chi connectivity index (χ1n) is 10.4. The van der Waals surface area contributed by atoms with Gasteiger partial charge in [-0.25, -0.2) is 9.63 Å². The Bertz CT molecular complexity index is 875. The number of nitrogens with one attached hydrogen (secondary N) is 1. The molecule has 1 heterocycles. The van der Waals surface area contributed by atoms with Crippen LogP contribution in [-0.2, 0) is 23.9 Å². The van der Waals surface area contributed by atoms with E-state index in [-0.39, 0.29) is 17.7 Å². The predicted octanol–water partition coefficient (Wildman–Crippen LogP) is 2.63. The topological polar surface area (TPSA) is 111 Å². The first kappa shape index (κ1) is 25.5. The molecule has 0 spiro atoms. The van der Waals surface area contributed by atoms with Crippen LogP contribution in [0.2, 0.25) is 0 Å². The zero-order valence-electron chi connectivity index (χ0n) is 19.9. The average molecular weight is 449 g/mol. The Hall–Kier alpha value is -2.78. The average Bonchev–Trinajstić information content (AvgIpc) is 2.87. The predicted molar refractivity (Wildman–Crippen MR) is 116 cm³/mol. The number of ether oxygens (including phenoxy) is 2. The van der Waals surface area contributed by atoms with Gasteiger partial charge in [-0.2, -0.15) is 0 Å². The molecule has 9 heteroatoms. The highest BCUT2D eigenvalue weighted by Crippen LogP contribution is 2.26. The summed E-state index contributed by atoms with van der Waals surface area (Å²) in [4.78, 5) is 56.3. The number of imide groups is 1. The molecule has 0 saturated heterocycles. The smallest absolute Gasteiger partial charge is 0.331 e. The standard InChI is InChI=1S/C23H32N2O7/c1-21(2,3)30-13-16(19(28)31-22(4,5)6)24-20(29)23(7,8)32-25-17(26)14-11-9-10-12-15(14)18(25)27/h9-12,16H,13H2,1-8H3,(H,24,29). The number of fused-ring (bicyclic) bond motifs is 1. The number of carbonyl (C=O) groups excluding carboxylic acids is 4. The van der Waals surface area contributed by atoms with E-state index in [1.807, 2.05) is 20.8 Å². The lowest BCUT2D eigenvalue weighted by molar-refractivity contribution is -0.188. The molecule has 0 bridgehead atoms. The van der Waals surface area contributed by atoms with E-state index in [4.69, 9.17) is 14.3 Å². The molecule has 1 aliphatic heterocycles. The fraction of sp³-hybridized carbons (Fsp3) is 0.565. The molecule has 1 atom stereocenters. The molecule has 0 aromatic heterocycles. The second-order valence-electron chi connectivity index (χ2n) is 10.0. The fourth-order valence-corrected chi connectivity index (χ4v) is 2.73. The lowest BCUT2D eigenvalue weighted by Gasteiger charge is -2.31. The van der Waals surface area contributed by atoms with E-state index in [0.717, 1.165) is 0 Å². The third kappa shape index (κ3) is 6.37. The lowest BCUT2D eigenvalue weighted by Crippen LogP contribution is -2.56. The Morgan fingerprint density at radius 3 is 1.84 bits per heavy atom. The van der Waals surface area contributed by atoms with Crippen molar-refractivity contribution in [2.45, 2.75) is 78.2 Å². The van der Waals surface area contributed by atoms with Gasteiger partial charge in [-0.05, 0) is 67.5 Å². The quantitative estimate of drug-likeness (QED) is 0.504. The molecule has 0 radical (unpaired) electrons. The van der Waals surface area contributed by atoms with Gasteiger partial charge in [-0.15, -0.1) is 5.06 Å². The summed E-state index contributed by atoms with van der Waals surface area (Å²) in [5.41, 5.74) is -2.60. The van der Waals surface area contributed by atoms with Gasteiger partial charge < -0.3 is 14.8 Å². The molecule has 0 fully saturated rings. The van der Waals surface area contributed by atoms with E-state index in [9.17, 15) is 19.2 Å². The number of carbonyl (C=O) groups is 4. The molecule has 9 nitrogen and oxygen atoms in total. The Morgan fingerprint density at radius 1 is 0.906 bits per heavy atom. The van der Waals surface area contributed by atoms with Gasteiger partial charge >= 0.3 is 5.97 Å². The molecule has 3 amide bonds. The Labute approximate surface area is 188 Å². The van der Waals surface area contributed by atoms with Gasteiger partial charge in [-0.3, -0.25) is 14.4 Å². The van der Waals surface area contributed by atoms with Crippen LogP contribution in [0, 0.1) is 0 Å². The van der Waals surface area contributed by atoms with Crippen molar-refractivity contribution in [3.05, 3.63) is 35.4 Å². The summed E-state index contributed by atoms with van der Waals surface area (Å²) in [6.45, 7) is 13.2. The van der Waals surface area contributed by atoms with Gasteiger partial charge in [0.2, 0.25) is 0 Å². The SMILES string of the molecule is CC(C)(C)OCC(NC(=O)C(C)(C)ON1C(=O)c2ccccc2C1=O)C(=O)OC(C)(C)C. The highest BCUT2D eigenvalue weighted by molar-refractivity contribution is 6.20. The van der Waals surface area contributed by atoms with Crippen molar-refractivity contribution < 1.29 is 33.5 Å². The number of hydrogen-bond acceptors (Lipinski definition) is 7. The molecule has 0 aliphatic carbocycles. The summed E-state index contributed by atoms with van der Waals surface area (Å²) in [5, 5.41) is 3.13. The van der Waals surface area contributed by atoms with Gasteiger partial charge in [0.05, 0.1) is 23.3 Å². The summed E-state index contributed by atoms with van der Waals surface area (Å²) < 4.78 is 11.1. The van der Waals surface area contributed by atoms with Gasteiger partial charge in [0.15, 0.2) is 11.6 Å². The Morgan fingerprint density at radius 2 is 1.41 bits per heavy atom. The Balaban J connectivity index is 2.15. The number of nitrogens with zero attached hydrogens (tertiary/aromatic N) is 1. The maximum absolute atomic E-state index is 13.0. The van der Waals surface area contributed by atoms with Gasteiger partial charge in [0.1, 0.15) is 5.60 Å². The van der Waals surface area contributed by atoms with Crippen LogP contribution in [0.15, 0.2) is 24.3 Å². The van der Waals surface area contributed by atoms with Crippen molar-refractivity contribution in [3.63, 3.8) is 0 Å². The maximum Gasteiger partial charge on any atom is 0.331 e. The summed E-state index contributed by atoms with van der Waals surface area (Å²) >= 11 is 0. The number of rotatable bonds is 7. The van der Waals surface area contributed by atoms with Crippen LogP contribution < -0.4 is 5.32 Å². The maximum atomic E-state index is 13.0. The van der Waals surface area contributed by atoms with Crippen LogP contribution in [0.5, 0.6) is 0 Å².